The van der Waals surface area contributed by atoms with Crippen molar-refractivity contribution in [3.8, 4) is 11.1 Å². The molecule has 2 nitrogen and oxygen atoms in total. The molecule has 0 aromatic heterocycles. The predicted molar refractivity (Wildman–Crippen MR) is 218 cm³/mol. The Labute approximate surface area is 299 Å². The minimum absolute atomic E-state index is 1.09. The molecule has 0 aliphatic rings. The SMILES string of the molecule is Cc1ccc(-c2ccc(N(c3ccc(N(c4cccc5ccccc45)c4cccc5ccccc45)cc3)c3cccc4ccccc34)cc2)cc1. The van der Waals surface area contributed by atoms with Crippen molar-refractivity contribution < 1.29 is 0 Å². The van der Waals surface area contributed by atoms with Gasteiger partial charge in [-0.15, -0.1) is 0 Å². The molecule has 242 valence electrons. The van der Waals surface area contributed by atoms with Crippen molar-refractivity contribution in [2.75, 3.05) is 9.80 Å². The molecule has 0 radical (unpaired) electrons. The van der Waals surface area contributed by atoms with Gasteiger partial charge in [-0.1, -0.05) is 151 Å². The van der Waals surface area contributed by atoms with Crippen LogP contribution < -0.4 is 9.80 Å². The van der Waals surface area contributed by atoms with E-state index in [0.717, 1.165) is 34.1 Å². The van der Waals surface area contributed by atoms with E-state index in [2.05, 4.69) is 217 Å². The van der Waals surface area contributed by atoms with Crippen molar-refractivity contribution in [2.45, 2.75) is 6.92 Å². The van der Waals surface area contributed by atoms with E-state index in [1.165, 1.54) is 49.0 Å². The summed E-state index contributed by atoms with van der Waals surface area (Å²) in [5.41, 5.74) is 10.4. The smallest absolute Gasteiger partial charge is 0.0540 e. The molecule has 0 spiro atoms. The summed E-state index contributed by atoms with van der Waals surface area (Å²) in [5, 5.41) is 7.28. The molecule has 0 bridgehead atoms. The number of anilines is 6. The third-order valence-corrected chi connectivity index (χ3v) is 9.90. The molecule has 0 fully saturated rings. The van der Waals surface area contributed by atoms with Crippen LogP contribution in [-0.4, -0.2) is 0 Å². The second-order valence-corrected chi connectivity index (χ2v) is 13.1. The maximum Gasteiger partial charge on any atom is 0.0540 e. The van der Waals surface area contributed by atoms with Crippen molar-refractivity contribution >= 4 is 66.4 Å². The Morgan fingerprint density at radius 1 is 0.275 bits per heavy atom. The van der Waals surface area contributed by atoms with Crippen LogP contribution in [-0.2, 0) is 0 Å². The summed E-state index contributed by atoms with van der Waals surface area (Å²) in [5.74, 6) is 0. The predicted octanol–water partition coefficient (Wildman–Crippen LogP) is 14.1. The monoisotopic (exact) mass is 652 g/mol. The molecule has 9 aromatic rings. The lowest BCUT2D eigenvalue weighted by molar-refractivity contribution is 1.27. The fraction of sp³-hybridized carbons (Fsp3) is 0.0204. The molecule has 0 saturated heterocycles. The van der Waals surface area contributed by atoms with Crippen LogP contribution in [0, 0.1) is 6.92 Å². The number of rotatable bonds is 7. The van der Waals surface area contributed by atoms with E-state index >= 15 is 0 Å². The molecule has 0 amide bonds. The summed E-state index contributed by atoms with van der Waals surface area (Å²) < 4.78 is 0. The molecule has 0 N–H and O–H groups in total. The first-order valence-electron chi connectivity index (χ1n) is 17.5. The van der Waals surface area contributed by atoms with Crippen LogP contribution in [0.25, 0.3) is 43.4 Å². The van der Waals surface area contributed by atoms with E-state index in [9.17, 15) is 0 Å². The average Bonchev–Trinajstić information content (AvgIpc) is 3.19. The maximum absolute atomic E-state index is 2.41. The summed E-state index contributed by atoms with van der Waals surface area (Å²) in [4.78, 5) is 4.79. The summed E-state index contributed by atoms with van der Waals surface area (Å²) >= 11 is 0. The van der Waals surface area contributed by atoms with Gasteiger partial charge in [-0.2, -0.15) is 0 Å². The average molecular weight is 653 g/mol. The highest BCUT2D eigenvalue weighted by Crippen LogP contribution is 2.44. The lowest BCUT2D eigenvalue weighted by atomic mass is 10.0. The Morgan fingerprint density at radius 2 is 0.588 bits per heavy atom. The molecule has 51 heavy (non-hydrogen) atoms. The molecule has 0 aliphatic carbocycles. The lowest BCUT2D eigenvalue weighted by Gasteiger charge is -2.30. The summed E-state index contributed by atoms with van der Waals surface area (Å²) in [6, 6.07) is 72.4. The zero-order valence-electron chi connectivity index (χ0n) is 28.4. The van der Waals surface area contributed by atoms with Crippen molar-refractivity contribution in [3.63, 3.8) is 0 Å². The lowest BCUT2D eigenvalue weighted by Crippen LogP contribution is -2.13. The van der Waals surface area contributed by atoms with Gasteiger partial charge in [-0.3, -0.25) is 0 Å². The first-order valence-corrected chi connectivity index (χ1v) is 17.5. The molecule has 0 heterocycles. The van der Waals surface area contributed by atoms with Gasteiger partial charge >= 0.3 is 0 Å². The first kappa shape index (κ1) is 30.4. The van der Waals surface area contributed by atoms with Gasteiger partial charge in [0.25, 0.3) is 0 Å². The third-order valence-electron chi connectivity index (χ3n) is 9.90. The number of hydrogen-bond acceptors (Lipinski definition) is 2. The Kier molecular flexibility index (Phi) is 7.75. The van der Waals surface area contributed by atoms with Crippen LogP contribution in [0.2, 0.25) is 0 Å². The normalized spacial score (nSPS) is 11.2. The van der Waals surface area contributed by atoms with E-state index in [4.69, 9.17) is 0 Å². The molecule has 2 heteroatoms. The maximum atomic E-state index is 2.41. The largest absolute Gasteiger partial charge is 0.310 e. The molecule has 9 rings (SSSR count). The van der Waals surface area contributed by atoms with Gasteiger partial charge in [-0.05, 0) is 88.8 Å². The Hall–Kier alpha value is -6.64. The second kappa shape index (κ2) is 13.0. The van der Waals surface area contributed by atoms with Crippen LogP contribution in [0.1, 0.15) is 5.56 Å². The van der Waals surface area contributed by atoms with Crippen LogP contribution in [0.3, 0.4) is 0 Å². The number of fused-ring (bicyclic) bond motifs is 3. The van der Waals surface area contributed by atoms with E-state index in [0.29, 0.717) is 0 Å². The van der Waals surface area contributed by atoms with Gasteiger partial charge in [0.15, 0.2) is 0 Å². The van der Waals surface area contributed by atoms with Gasteiger partial charge in [0.1, 0.15) is 0 Å². The minimum Gasteiger partial charge on any atom is -0.310 e. The highest BCUT2D eigenvalue weighted by molar-refractivity contribution is 6.05. The Bertz CT molecular complexity index is 2540. The van der Waals surface area contributed by atoms with E-state index in [1.807, 2.05) is 0 Å². The molecule has 0 saturated carbocycles. The summed E-state index contributed by atoms with van der Waals surface area (Å²) in [6.07, 6.45) is 0. The minimum atomic E-state index is 1.09. The standard InChI is InChI=1S/C49H36N2/c1-35-23-25-36(26-24-35)37-27-29-41(30-28-37)50(47-20-8-14-38-11-2-5-17-44(38)47)42-31-33-43(34-32-42)51(48-21-9-15-39-12-3-6-18-45(39)48)49-22-10-16-40-13-4-7-19-46(40)49/h2-34H,1H3. The quantitative estimate of drug-likeness (QED) is 0.169. The highest BCUT2D eigenvalue weighted by Gasteiger charge is 2.20. The van der Waals surface area contributed by atoms with E-state index < -0.39 is 0 Å². The summed E-state index contributed by atoms with van der Waals surface area (Å²) in [6.45, 7) is 2.13. The number of hydrogen-bond donors (Lipinski definition) is 0. The van der Waals surface area contributed by atoms with Gasteiger partial charge in [0, 0.05) is 33.2 Å². The summed E-state index contributed by atoms with van der Waals surface area (Å²) in [7, 11) is 0. The van der Waals surface area contributed by atoms with Gasteiger partial charge in [0.05, 0.1) is 17.1 Å². The van der Waals surface area contributed by atoms with Gasteiger partial charge in [-0.25, -0.2) is 0 Å². The van der Waals surface area contributed by atoms with Crippen LogP contribution >= 0.6 is 0 Å². The third kappa shape index (κ3) is 5.67. The molecular weight excluding hydrogens is 617 g/mol. The van der Waals surface area contributed by atoms with E-state index in [1.54, 1.807) is 0 Å². The number of aryl methyl sites for hydroxylation is 1. The fourth-order valence-corrected chi connectivity index (χ4v) is 7.34. The van der Waals surface area contributed by atoms with Crippen molar-refractivity contribution in [1.29, 1.82) is 0 Å². The Balaban J connectivity index is 1.20. The molecule has 0 aliphatic heterocycles. The zero-order valence-corrected chi connectivity index (χ0v) is 28.4. The topological polar surface area (TPSA) is 6.48 Å². The van der Waals surface area contributed by atoms with Crippen molar-refractivity contribution in [2.24, 2.45) is 0 Å². The highest BCUT2D eigenvalue weighted by atomic mass is 15.2. The number of nitrogens with zero attached hydrogens (tertiary/aromatic N) is 2. The molecule has 0 unspecified atom stereocenters. The van der Waals surface area contributed by atoms with Crippen LogP contribution in [0.5, 0.6) is 0 Å². The fourth-order valence-electron chi connectivity index (χ4n) is 7.34. The Morgan fingerprint density at radius 3 is 1.02 bits per heavy atom. The van der Waals surface area contributed by atoms with Gasteiger partial charge in [0.2, 0.25) is 0 Å². The van der Waals surface area contributed by atoms with Crippen molar-refractivity contribution in [3.05, 3.63) is 206 Å². The van der Waals surface area contributed by atoms with Crippen LogP contribution in [0.15, 0.2) is 200 Å². The molecular formula is C49H36N2. The molecule has 9 aromatic carbocycles. The van der Waals surface area contributed by atoms with Gasteiger partial charge < -0.3 is 9.80 Å². The number of benzene rings is 9. The zero-order chi connectivity index (χ0) is 34.1. The first-order chi connectivity index (χ1) is 25.2. The van der Waals surface area contributed by atoms with Crippen LogP contribution in [0.4, 0.5) is 34.1 Å². The second-order valence-electron chi connectivity index (χ2n) is 13.1. The molecule has 0 atom stereocenters. The van der Waals surface area contributed by atoms with E-state index in [-0.39, 0.29) is 0 Å². The van der Waals surface area contributed by atoms with Crippen molar-refractivity contribution in [1.82, 2.24) is 0 Å².